The lowest BCUT2D eigenvalue weighted by molar-refractivity contribution is 0.0697. The Bertz CT molecular complexity index is 1220. The van der Waals surface area contributed by atoms with Crippen LogP contribution in [0.3, 0.4) is 0 Å². The van der Waals surface area contributed by atoms with E-state index in [1.807, 2.05) is 13.0 Å². The first-order valence-corrected chi connectivity index (χ1v) is 8.86. The lowest BCUT2D eigenvalue weighted by atomic mass is 10.1. The Morgan fingerprint density at radius 2 is 2.00 bits per heavy atom. The number of nitrogens with zero attached hydrogens (tertiary/aromatic N) is 5. The second-order valence-corrected chi connectivity index (χ2v) is 6.17. The number of carbonyl (C=O) groups excluding carboxylic acids is 1. The summed E-state index contributed by atoms with van der Waals surface area (Å²) in [5.41, 5.74) is 3.01. The molecule has 0 radical (unpaired) electrons. The molecule has 0 saturated heterocycles. The zero-order valence-corrected chi connectivity index (χ0v) is 15.4. The first-order chi connectivity index (χ1) is 14.1. The number of carbonyl (C=O) groups is 2. The van der Waals surface area contributed by atoms with Gasteiger partial charge >= 0.3 is 5.97 Å². The van der Waals surface area contributed by atoms with Crippen molar-refractivity contribution in [1.29, 1.82) is 0 Å². The predicted molar refractivity (Wildman–Crippen MR) is 105 cm³/mol. The summed E-state index contributed by atoms with van der Waals surface area (Å²) in [5, 5.41) is 16.8. The van der Waals surface area contributed by atoms with E-state index in [1.54, 1.807) is 30.5 Å². The third kappa shape index (κ3) is 3.41. The van der Waals surface area contributed by atoms with Gasteiger partial charge < -0.3 is 10.4 Å². The van der Waals surface area contributed by atoms with Gasteiger partial charge in [0, 0.05) is 29.8 Å². The van der Waals surface area contributed by atoms with Gasteiger partial charge in [0.25, 0.3) is 5.91 Å². The molecule has 3 heterocycles. The van der Waals surface area contributed by atoms with Gasteiger partial charge in [0.05, 0.1) is 17.6 Å². The first kappa shape index (κ1) is 18.2. The average molecular weight is 388 g/mol. The summed E-state index contributed by atoms with van der Waals surface area (Å²) in [5.74, 6) is -1.44. The highest BCUT2D eigenvalue weighted by molar-refractivity contribution is 6.03. The van der Waals surface area contributed by atoms with Crippen LogP contribution in [0, 0.1) is 0 Å². The minimum Gasteiger partial charge on any atom is -0.477 e. The molecule has 1 aromatic carbocycles. The highest BCUT2D eigenvalue weighted by Gasteiger charge is 2.21. The van der Waals surface area contributed by atoms with Crippen LogP contribution in [0.1, 0.15) is 33.5 Å². The van der Waals surface area contributed by atoms with E-state index >= 15 is 0 Å². The third-order valence-electron chi connectivity index (χ3n) is 4.35. The van der Waals surface area contributed by atoms with E-state index in [9.17, 15) is 14.7 Å². The van der Waals surface area contributed by atoms with Gasteiger partial charge in [0.2, 0.25) is 0 Å². The number of carboxylic acids is 1. The molecule has 0 aliphatic heterocycles. The highest BCUT2D eigenvalue weighted by atomic mass is 16.4. The van der Waals surface area contributed by atoms with Crippen LogP contribution in [0.25, 0.3) is 16.9 Å². The Morgan fingerprint density at radius 1 is 1.14 bits per heavy atom. The Kier molecular flexibility index (Phi) is 4.70. The predicted octanol–water partition coefficient (Wildman–Crippen LogP) is 2.70. The van der Waals surface area contributed by atoms with Crippen molar-refractivity contribution in [3.8, 4) is 11.3 Å². The molecule has 2 N–H and O–H groups in total. The van der Waals surface area contributed by atoms with Crippen molar-refractivity contribution in [1.82, 2.24) is 24.6 Å². The number of aromatic nitrogens is 5. The van der Waals surface area contributed by atoms with Crippen LogP contribution >= 0.6 is 0 Å². The smallest absolute Gasteiger partial charge is 0.341 e. The molecule has 9 heteroatoms. The molecule has 29 heavy (non-hydrogen) atoms. The van der Waals surface area contributed by atoms with Crippen molar-refractivity contribution in [2.24, 2.45) is 0 Å². The largest absolute Gasteiger partial charge is 0.477 e. The van der Waals surface area contributed by atoms with Crippen molar-refractivity contribution >= 4 is 23.2 Å². The van der Waals surface area contributed by atoms with Crippen LogP contribution in [0.2, 0.25) is 0 Å². The maximum atomic E-state index is 12.3. The number of carboxylic acid groups (broad SMARTS) is 1. The van der Waals surface area contributed by atoms with Gasteiger partial charge in [0.15, 0.2) is 5.65 Å². The van der Waals surface area contributed by atoms with E-state index in [-0.39, 0.29) is 22.8 Å². The molecule has 4 rings (SSSR count). The minimum atomic E-state index is -1.06. The van der Waals surface area contributed by atoms with Crippen molar-refractivity contribution in [2.45, 2.75) is 13.3 Å². The maximum Gasteiger partial charge on any atom is 0.341 e. The fourth-order valence-corrected chi connectivity index (χ4v) is 3.04. The van der Waals surface area contributed by atoms with Crippen molar-refractivity contribution in [3.63, 3.8) is 0 Å². The number of rotatable bonds is 5. The zero-order valence-electron chi connectivity index (χ0n) is 15.4. The molecule has 1 amide bonds. The number of hydrogen-bond donors (Lipinski definition) is 2. The Hall–Kier alpha value is -4.14. The van der Waals surface area contributed by atoms with Gasteiger partial charge in [-0.25, -0.2) is 19.3 Å². The number of hydrogen-bond acceptors (Lipinski definition) is 6. The minimum absolute atomic E-state index is 0.0986. The van der Waals surface area contributed by atoms with Crippen molar-refractivity contribution < 1.29 is 14.7 Å². The molecule has 3 aromatic heterocycles. The van der Waals surface area contributed by atoms with Gasteiger partial charge in [-0.05, 0) is 24.6 Å². The summed E-state index contributed by atoms with van der Waals surface area (Å²) in [6.45, 7) is 1.84. The topological polar surface area (TPSA) is 122 Å². The van der Waals surface area contributed by atoms with Gasteiger partial charge in [-0.15, -0.1) is 0 Å². The van der Waals surface area contributed by atoms with Crippen LogP contribution in [0.15, 0.2) is 55.1 Å². The summed E-state index contributed by atoms with van der Waals surface area (Å²) in [6.07, 6.45) is 6.34. The fraction of sp³-hybridized carbons (Fsp3) is 0.100. The van der Waals surface area contributed by atoms with E-state index in [2.05, 4.69) is 25.4 Å². The molecule has 0 aliphatic rings. The summed E-state index contributed by atoms with van der Waals surface area (Å²) in [4.78, 5) is 36.1. The molecule has 0 aliphatic carbocycles. The molecule has 144 valence electrons. The Morgan fingerprint density at radius 3 is 2.72 bits per heavy atom. The SMILES string of the molecule is CCc1nn2c(-c3cccc(NC(=O)c4cnccn4)c3)ccnc2c1C(=O)O. The standard InChI is InChI=1S/C20H16N6O3/c1-2-14-17(20(28)29)18-23-7-6-16(26(18)25-14)12-4-3-5-13(10-12)24-19(27)15-11-21-8-9-22-15/h3-11H,2H2,1H3,(H,24,27)(H,28,29). The van der Waals surface area contributed by atoms with Gasteiger partial charge in [-0.3, -0.25) is 9.78 Å². The van der Waals surface area contributed by atoms with E-state index < -0.39 is 5.97 Å². The van der Waals surface area contributed by atoms with Crippen LogP contribution in [-0.4, -0.2) is 41.5 Å². The summed E-state index contributed by atoms with van der Waals surface area (Å²) in [6, 6.07) is 8.90. The number of amides is 1. The molecule has 0 spiro atoms. The summed E-state index contributed by atoms with van der Waals surface area (Å²) < 4.78 is 1.52. The number of aryl methyl sites for hydroxylation is 1. The fourth-order valence-electron chi connectivity index (χ4n) is 3.04. The second-order valence-electron chi connectivity index (χ2n) is 6.17. The highest BCUT2D eigenvalue weighted by Crippen LogP contribution is 2.25. The number of aromatic carboxylic acids is 1. The van der Waals surface area contributed by atoms with Crippen LogP contribution in [0.5, 0.6) is 0 Å². The summed E-state index contributed by atoms with van der Waals surface area (Å²) >= 11 is 0. The molecule has 0 atom stereocenters. The molecule has 0 saturated carbocycles. The number of benzene rings is 1. The first-order valence-electron chi connectivity index (χ1n) is 8.86. The van der Waals surface area contributed by atoms with E-state index in [0.29, 0.717) is 23.5 Å². The molecule has 4 aromatic rings. The molecule has 9 nitrogen and oxygen atoms in total. The number of fused-ring (bicyclic) bond motifs is 1. The normalized spacial score (nSPS) is 10.8. The van der Waals surface area contributed by atoms with Crippen LogP contribution < -0.4 is 5.32 Å². The van der Waals surface area contributed by atoms with E-state index in [1.165, 1.54) is 23.1 Å². The Balaban J connectivity index is 1.74. The molecule has 0 fully saturated rings. The molecular formula is C20H16N6O3. The monoisotopic (exact) mass is 388 g/mol. The second kappa shape index (κ2) is 7.47. The molecular weight excluding hydrogens is 372 g/mol. The van der Waals surface area contributed by atoms with E-state index in [0.717, 1.165) is 5.56 Å². The van der Waals surface area contributed by atoms with Gasteiger partial charge in [-0.2, -0.15) is 5.10 Å². The molecule has 0 unspecified atom stereocenters. The number of nitrogens with one attached hydrogen (secondary N) is 1. The maximum absolute atomic E-state index is 12.3. The van der Waals surface area contributed by atoms with Crippen molar-refractivity contribution in [3.05, 3.63) is 72.1 Å². The van der Waals surface area contributed by atoms with Crippen molar-refractivity contribution in [2.75, 3.05) is 5.32 Å². The number of anilines is 1. The molecule has 0 bridgehead atoms. The van der Waals surface area contributed by atoms with Gasteiger partial charge in [-0.1, -0.05) is 19.1 Å². The Labute approximate surface area is 165 Å². The third-order valence-corrected chi connectivity index (χ3v) is 4.35. The van der Waals surface area contributed by atoms with E-state index in [4.69, 9.17) is 0 Å². The zero-order chi connectivity index (χ0) is 20.4. The van der Waals surface area contributed by atoms with Crippen LogP contribution in [-0.2, 0) is 6.42 Å². The lowest BCUT2D eigenvalue weighted by Crippen LogP contribution is -2.13. The average Bonchev–Trinajstić information content (AvgIpc) is 3.13. The lowest BCUT2D eigenvalue weighted by Gasteiger charge is -2.08. The van der Waals surface area contributed by atoms with Crippen LogP contribution in [0.4, 0.5) is 5.69 Å². The van der Waals surface area contributed by atoms with Gasteiger partial charge in [0.1, 0.15) is 11.3 Å². The summed E-state index contributed by atoms with van der Waals surface area (Å²) in [7, 11) is 0. The quantitative estimate of drug-likeness (QED) is 0.539.